The van der Waals surface area contributed by atoms with E-state index in [4.69, 9.17) is 15.7 Å². The molecule has 0 radical (unpaired) electrons. The van der Waals surface area contributed by atoms with Crippen LogP contribution < -0.4 is 15.2 Å². The normalized spacial score (nSPS) is 12.4. The third kappa shape index (κ3) is 4.80. The second-order valence-corrected chi connectivity index (χ2v) is 5.74. The summed E-state index contributed by atoms with van der Waals surface area (Å²) in [5.41, 5.74) is 5.60. The van der Waals surface area contributed by atoms with Gasteiger partial charge >= 0.3 is 10.2 Å². The number of para-hydroxylation sites is 2. The van der Waals surface area contributed by atoms with E-state index < -0.39 is 10.2 Å². The van der Waals surface area contributed by atoms with Gasteiger partial charge in [0.05, 0.1) is 5.69 Å². The van der Waals surface area contributed by atoms with Gasteiger partial charge in [-0.1, -0.05) is 31.1 Å². The van der Waals surface area contributed by atoms with Gasteiger partial charge in [0.2, 0.25) is 0 Å². The summed E-state index contributed by atoms with van der Waals surface area (Å²) in [7, 11) is -3.65. The summed E-state index contributed by atoms with van der Waals surface area (Å²) >= 11 is 0. The Morgan fingerprint density at radius 2 is 2.00 bits per heavy atom. The van der Waals surface area contributed by atoms with Crippen LogP contribution in [0.25, 0.3) is 0 Å². The van der Waals surface area contributed by atoms with Gasteiger partial charge in [0, 0.05) is 13.1 Å². The predicted octanol–water partition coefficient (Wildman–Crippen LogP) is 0.810. The Kier molecular flexibility index (Phi) is 6.25. The number of amidine groups is 1. The van der Waals surface area contributed by atoms with Crippen molar-refractivity contribution in [2.75, 3.05) is 24.4 Å². The lowest BCUT2D eigenvalue weighted by Crippen LogP contribution is -2.35. The largest absolute Gasteiger partial charge is 0.483 e. The van der Waals surface area contributed by atoms with Crippen LogP contribution in [0.5, 0.6) is 5.75 Å². The van der Waals surface area contributed by atoms with Crippen LogP contribution in [0.15, 0.2) is 29.4 Å². The first-order valence-corrected chi connectivity index (χ1v) is 7.84. The van der Waals surface area contributed by atoms with E-state index in [1.807, 2.05) is 0 Å². The summed E-state index contributed by atoms with van der Waals surface area (Å²) in [6, 6.07) is 6.53. The summed E-state index contributed by atoms with van der Waals surface area (Å²) in [5, 5.41) is 11.3. The SMILES string of the molecule is CCN(CC)S(=O)(=O)Nc1ccccc1OC/C(N)=N/O. The highest BCUT2D eigenvalue weighted by atomic mass is 32.2. The summed E-state index contributed by atoms with van der Waals surface area (Å²) in [6.07, 6.45) is 0. The number of benzene rings is 1. The first kappa shape index (κ1) is 17.1. The number of oxime groups is 1. The molecule has 0 unspecified atom stereocenters. The van der Waals surface area contributed by atoms with Gasteiger partial charge in [0.15, 0.2) is 5.84 Å². The Morgan fingerprint density at radius 3 is 2.57 bits per heavy atom. The van der Waals surface area contributed by atoms with Crippen molar-refractivity contribution in [3.8, 4) is 5.75 Å². The van der Waals surface area contributed by atoms with Gasteiger partial charge in [-0.25, -0.2) is 0 Å². The van der Waals surface area contributed by atoms with E-state index in [-0.39, 0.29) is 18.1 Å². The monoisotopic (exact) mass is 316 g/mol. The molecule has 0 saturated heterocycles. The maximum absolute atomic E-state index is 12.2. The lowest BCUT2D eigenvalue weighted by atomic mass is 10.3. The molecule has 0 heterocycles. The molecule has 0 aliphatic heterocycles. The van der Waals surface area contributed by atoms with Crippen LogP contribution in [0.3, 0.4) is 0 Å². The number of nitrogens with two attached hydrogens (primary N) is 1. The summed E-state index contributed by atoms with van der Waals surface area (Å²) in [4.78, 5) is 0. The highest BCUT2D eigenvalue weighted by Crippen LogP contribution is 2.25. The highest BCUT2D eigenvalue weighted by molar-refractivity contribution is 7.90. The van der Waals surface area contributed by atoms with Crippen molar-refractivity contribution in [2.45, 2.75) is 13.8 Å². The second-order valence-electron chi connectivity index (χ2n) is 4.07. The molecule has 0 bridgehead atoms. The first-order chi connectivity index (χ1) is 9.94. The second kappa shape index (κ2) is 7.70. The molecule has 0 aromatic heterocycles. The Balaban J connectivity index is 2.93. The van der Waals surface area contributed by atoms with Crippen molar-refractivity contribution < 1.29 is 18.4 Å². The van der Waals surface area contributed by atoms with Crippen molar-refractivity contribution in [1.29, 1.82) is 0 Å². The number of ether oxygens (including phenoxy) is 1. The van der Waals surface area contributed by atoms with E-state index in [9.17, 15) is 8.42 Å². The molecular formula is C12H20N4O4S. The number of nitrogens with zero attached hydrogens (tertiary/aromatic N) is 2. The lowest BCUT2D eigenvalue weighted by molar-refractivity contribution is 0.306. The fourth-order valence-corrected chi connectivity index (χ4v) is 2.88. The van der Waals surface area contributed by atoms with Gasteiger partial charge in [-0.2, -0.15) is 12.7 Å². The Bertz CT molecular complexity index is 585. The van der Waals surface area contributed by atoms with Crippen LogP contribution in [-0.2, 0) is 10.2 Å². The molecule has 0 spiro atoms. The predicted molar refractivity (Wildman–Crippen MR) is 80.8 cm³/mol. The van der Waals surface area contributed by atoms with Gasteiger partial charge in [0.1, 0.15) is 12.4 Å². The van der Waals surface area contributed by atoms with E-state index in [0.717, 1.165) is 0 Å². The summed E-state index contributed by atoms with van der Waals surface area (Å²) in [6.45, 7) is 4.07. The topological polar surface area (TPSA) is 117 Å². The molecule has 0 atom stereocenters. The highest BCUT2D eigenvalue weighted by Gasteiger charge is 2.20. The van der Waals surface area contributed by atoms with Crippen LogP contribution in [0.2, 0.25) is 0 Å². The number of rotatable bonds is 8. The molecule has 1 aromatic carbocycles. The van der Waals surface area contributed by atoms with E-state index in [1.165, 1.54) is 4.31 Å². The molecule has 4 N–H and O–H groups in total. The number of anilines is 1. The zero-order valence-electron chi connectivity index (χ0n) is 12.0. The molecule has 0 amide bonds. The van der Waals surface area contributed by atoms with Crippen LogP contribution >= 0.6 is 0 Å². The molecule has 0 fully saturated rings. The smallest absolute Gasteiger partial charge is 0.301 e. The molecule has 9 heteroatoms. The maximum atomic E-state index is 12.2. The Labute approximate surface area is 124 Å². The molecule has 0 aliphatic rings. The first-order valence-electron chi connectivity index (χ1n) is 6.40. The minimum absolute atomic E-state index is 0.114. The standard InChI is InChI=1S/C12H20N4O4S/c1-3-16(4-2)21(18,19)15-10-7-5-6-8-11(10)20-9-12(13)14-17/h5-8,15,17H,3-4,9H2,1-2H3,(H2,13,14). The van der Waals surface area contributed by atoms with E-state index in [0.29, 0.717) is 18.8 Å². The summed E-state index contributed by atoms with van der Waals surface area (Å²) in [5.74, 6) is 0.177. The van der Waals surface area contributed by atoms with E-state index in [2.05, 4.69) is 9.88 Å². The number of hydrogen-bond acceptors (Lipinski definition) is 5. The van der Waals surface area contributed by atoms with Crippen LogP contribution in [0.1, 0.15) is 13.8 Å². The van der Waals surface area contributed by atoms with Gasteiger partial charge in [0.25, 0.3) is 0 Å². The molecule has 8 nitrogen and oxygen atoms in total. The lowest BCUT2D eigenvalue weighted by Gasteiger charge is -2.20. The zero-order chi connectivity index (χ0) is 15.9. The van der Waals surface area contributed by atoms with Crippen LogP contribution in [0, 0.1) is 0 Å². The van der Waals surface area contributed by atoms with Crippen molar-refractivity contribution >= 4 is 21.7 Å². The molecule has 118 valence electrons. The molecular weight excluding hydrogens is 296 g/mol. The zero-order valence-corrected chi connectivity index (χ0v) is 12.8. The van der Waals surface area contributed by atoms with Crippen molar-refractivity contribution in [3.63, 3.8) is 0 Å². The van der Waals surface area contributed by atoms with Crippen molar-refractivity contribution in [1.82, 2.24) is 4.31 Å². The maximum Gasteiger partial charge on any atom is 0.301 e. The average molecular weight is 316 g/mol. The Morgan fingerprint density at radius 1 is 1.38 bits per heavy atom. The van der Waals surface area contributed by atoms with Gasteiger partial charge < -0.3 is 15.7 Å². The molecule has 1 rings (SSSR count). The molecule has 0 aliphatic carbocycles. The third-order valence-electron chi connectivity index (χ3n) is 2.68. The minimum atomic E-state index is -3.65. The number of hydrogen-bond donors (Lipinski definition) is 3. The van der Waals surface area contributed by atoms with Crippen molar-refractivity contribution in [2.24, 2.45) is 10.9 Å². The van der Waals surface area contributed by atoms with Gasteiger partial charge in [-0.3, -0.25) is 4.72 Å². The number of nitrogens with one attached hydrogen (secondary N) is 1. The van der Waals surface area contributed by atoms with Gasteiger partial charge in [-0.15, -0.1) is 0 Å². The van der Waals surface area contributed by atoms with Crippen LogP contribution in [-0.4, -0.2) is 43.5 Å². The Hall–Kier alpha value is -2.00. The van der Waals surface area contributed by atoms with Crippen molar-refractivity contribution in [3.05, 3.63) is 24.3 Å². The fourth-order valence-electron chi connectivity index (χ4n) is 1.62. The van der Waals surface area contributed by atoms with Gasteiger partial charge in [-0.05, 0) is 12.1 Å². The molecule has 0 saturated carbocycles. The molecule has 21 heavy (non-hydrogen) atoms. The fraction of sp³-hybridized carbons (Fsp3) is 0.417. The average Bonchev–Trinajstić information content (AvgIpc) is 2.46. The van der Waals surface area contributed by atoms with E-state index >= 15 is 0 Å². The van der Waals surface area contributed by atoms with Crippen LogP contribution in [0.4, 0.5) is 5.69 Å². The quantitative estimate of drug-likeness (QED) is 0.284. The third-order valence-corrected chi connectivity index (χ3v) is 4.35. The molecule has 1 aromatic rings. The minimum Gasteiger partial charge on any atom is -0.483 e. The summed E-state index contributed by atoms with van der Waals surface area (Å²) < 4.78 is 33.4. The van der Waals surface area contributed by atoms with E-state index in [1.54, 1.807) is 38.1 Å².